The SMILES string of the molecule is CC(C)(C)c1noc(CN2CCCN(CC(=O)O)CC2)n1. The quantitative estimate of drug-likeness (QED) is 0.886. The molecule has 7 nitrogen and oxygen atoms in total. The number of rotatable bonds is 4. The van der Waals surface area contributed by atoms with E-state index in [9.17, 15) is 4.79 Å². The van der Waals surface area contributed by atoms with Crippen LogP contribution in [0.3, 0.4) is 0 Å². The third-order valence-electron chi connectivity index (χ3n) is 3.54. The maximum absolute atomic E-state index is 10.8. The van der Waals surface area contributed by atoms with Crippen LogP contribution in [0.15, 0.2) is 4.52 Å². The van der Waals surface area contributed by atoms with Crippen LogP contribution in [0.4, 0.5) is 0 Å². The second-order valence-electron chi connectivity index (χ2n) is 6.56. The molecule has 0 radical (unpaired) electrons. The normalized spacial score (nSPS) is 18.6. The zero-order valence-electron chi connectivity index (χ0n) is 13.0. The standard InChI is InChI=1S/C14H24N4O3/c1-14(2,3)13-15-11(21-16-13)9-17-5-4-6-18(8-7-17)10-12(19)20/h4-10H2,1-3H3,(H,19,20). The minimum absolute atomic E-state index is 0.112. The molecule has 0 atom stereocenters. The Balaban J connectivity index is 1.89. The zero-order valence-corrected chi connectivity index (χ0v) is 13.0. The fraction of sp³-hybridized carbons (Fsp3) is 0.786. The minimum Gasteiger partial charge on any atom is -0.480 e. The third kappa shape index (κ3) is 4.78. The molecule has 0 aliphatic carbocycles. The molecule has 21 heavy (non-hydrogen) atoms. The summed E-state index contributed by atoms with van der Waals surface area (Å²) in [5, 5.41) is 12.9. The summed E-state index contributed by atoms with van der Waals surface area (Å²) in [5.41, 5.74) is -0.112. The molecule has 1 fully saturated rings. The molecule has 2 heterocycles. The molecular weight excluding hydrogens is 272 g/mol. The summed E-state index contributed by atoms with van der Waals surface area (Å²) in [4.78, 5) is 19.4. The number of nitrogens with zero attached hydrogens (tertiary/aromatic N) is 4. The van der Waals surface area contributed by atoms with Gasteiger partial charge in [-0.1, -0.05) is 25.9 Å². The van der Waals surface area contributed by atoms with Gasteiger partial charge >= 0.3 is 5.97 Å². The highest BCUT2D eigenvalue weighted by Gasteiger charge is 2.23. The first-order valence-corrected chi connectivity index (χ1v) is 7.34. The third-order valence-corrected chi connectivity index (χ3v) is 3.54. The van der Waals surface area contributed by atoms with Crippen molar-refractivity contribution in [2.24, 2.45) is 0 Å². The zero-order chi connectivity index (χ0) is 15.5. The van der Waals surface area contributed by atoms with Crippen LogP contribution < -0.4 is 0 Å². The molecule has 1 aliphatic heterocycles. The number of aromatic nitrogens is 2. The van der Waals surface area contributed by atoms with Crippen molar-refractivity contribution in [3.8, 4) is 0 Å². The molecule has 0 amide bonds. The average molecular weight is 296 g/mol. The highest BCUT2D eigenvalue weighted by atomic mass is 16.5. The smallest absolute Gasteiger partial charge is 0.317 e. The summed E-state index contributed by atoms with van der Waals surface area (Å²) in [6.07, 6.45) is 0.952. The first kappa shape index (κ1) is 15.9. The first-order valence-electron chi connectivity index (χ1n) is 7.34. The Morgan fingerprint density at radius 2 is 1.90 bits per heavy atom. The Hall–Kier alpha value is -1.47. The number of aliphatic carboxylic acids is 1. The number of hydrogen-bond donors (Lipinski definition) is 1. The summed E-state index contributed by atoms with van der Waals surface area (Å²) >= 11 is 0. The minimum atomic E-state index is -0.768. The van der Waals surface area contributed by atoms with Crippen LogP contribution in [0.5, 0.6) is 0 Å². The van der Waals surface area contributed by atoms with Crippen molar-refractivity contribution in [2.75, 3.05) is 32.7 Å². The van der Waals surface area contributed by atoms with E-state index < -0.39 is 5.97 Å². The topological polar surface area (TPSA) is 82.7 Å². The summed E-state index contributed by atoms with van der Waals surface area (Å²) in [5.74, 6) is 0.585. The van der Waals surface area contributed by atoms with Gasteiger partial charge in [-0.15, -0.1) is 0 Å². The van der Waals surface area contributed by atoms with E-state index >= 15 is 0 Å². The van der Waals surface area contributed by atoms with Gasteiger partial charge in [0.1, 0.15) is 0 Å². The van der Waals surface area contributed by atoms with E-state index in [4.69, 9.17) is 9.63 Å². The van der Waals surface area contributed by atoms with Crippen molar-refractivity contribution >= 4 is 5.97 Å². The molecule has 1 aromatic rings. The predicted octanol–water partition coefficient (Wildman–Crippen LogP) is 0.959. The molecule has 1 aliphatic rings. The van der Waals surface area contributed by atoms with Crippen LogP contribution >= 0.6 is 0 Å². The molecule has 1 saturated heterocycles. The number of carboxylic acid groups (broad SMARTS) is 1. The molecule has 118 valence electrons. The van der Waals surface area contributed by atoms with Crippen LogP contribution in [0.25, 0.3) is 0 Å². The monoisotopic (exact) mass is 296 g/mol. The van der Waals surface area contributed by atoms with E-state index in [0.29, 0.717) is 12.4 Å². The van der Waals surface area contributed by atoms with Crippen LogP contribution in [0.1, 0.15) is 38.9 Å². The fourth-order valence-corrected chi connectivity index (χ4v) is 2.35. The molecule has 0 aromatic carbocycles. The molecule has 0 saturated carbocycles. The van der Waals surface area contributed by atoms with Crippen molar-refractivity contribution in [1.82, 2.24) is 19.9 Å². The Morgan fingerprint density at radius 1 is 1.24 bits per heavy atom. The van der Waals surface area contributed by atoms with Crippen molar-refractivity contribution in [2.45, 2.75) is 39.2 Å². The lowest BCUT2D eigenvalue weighted by atomic mass is 9.96. The van der Waals surface area contributed by atoms with E-state index in [1.807, 2.05) is 4.90 Å². The fourth-order valence-electron chi connectivity index (χ4n) is 2.35. The van der Waals surface area contributed by atoms with Gasteiger partial charge in [0.25, 0.3) is 0 Å². The Morgan fingerprint density at radius 3 is 2.52 bits per heavy atom. The van der Waals surface area contributed by atoms with Gasteiger partial charge in [0.15, 0.2) is 5.82 Å². The molecular formula is C14H24N4O3. The maximum Gasteiger partial charge on any atom is 0.317 e. The van der Waals surface area contributed by atoms with Crippen molar-refractivity contribution in [1.29, 1.82) is 0 Å². The number of carbonyl (C=O) groups is 1. The number of hydrogen-bond acceptors (Lipinski definition) is 6. The van der Waals surface area contributed by atoms with Gasteiger partial charge in [0.05, 0.1) is 13.1 Å². The molecule has 2 rings (SSSR count). The second kappa shape index (κ2) is 6.53. The van der Waals surface area contributed by atoms with Crippen molar-refractivity contribution in [3.05, 3.63) is 11.7 Å². The second-order valence-corrected chi connectivity index (χ2v) is 6.56. The maximum atomic E-state index is 10.8. The molecule has 1 N–H and O–H groups in total. The largest absolute Gasteiger partial charge is 0.480 e. The van der Waals surface area contributed by atoms with Crippen LogP contribution in [0.2, 0.25) is 0 Å². The van der Waals surface area contributed by atoms with E-state index in [2.05, 4.69) is 35.8 Å². The Labute approximate surface area is 124 Å². The molecule has 1 aromatic heterocycles. The van der Waals surface area contributed by atoms with Crippen LogP contribution in [-0.2, 0) is 16.8 Å². The van der Waals surface area contributed by atoms with Crippen LogP contribution in [0, 0.1) is 0 Å². The summed E-state index contributed by atoms with van der Waals surface area (Å²) < 4.78 is 5.32. The van der Waals surface area contributed by atoms with Gasteiger partial charge in [-0.2, -0.15) is 4.98 Å². The highest BCUT2D eigenvalue weighted by molar-refractivity contribution is 5.69. The van der Waals surface area contributed by atoms with Gasteiger partial charge in [-0.25, -0.2) is 0 Å². The Bertz CT molecular complexity index is 481. The lowest BCUT2D eigenvalue weighted by molar-refractivity contribution is -0.138. The van der Waals surface area contributed by atoms with E-state index in [1.165, 1.54) is 0 Å². The Kier molecular flexibility index (Phi) is 4.95. The van der Waals surface area contributed by atoms with Gasteiger partial charge in [0.2, 0.25) is 5.89 Å². The molecule has 0 unspecified atom stereocenters. The lowest BCUT2D eigenvalue weighted by Gasteiger charge is -2.19. The summed E-state index contributed by atoms with van der Waals surface area (Å²) in [6.45, 7) is 10.2. The molecule has 0 spiro atoms. The van der Waals surface area contributed by atoms with Crippen molar-refractivity contribution < 1.29 is 14.4 Å². The van der Waals surface area contributed by atoms with Crippen LogP contribution in [-0.4, -0.2) is 63.7 Å². The lowest BCUT2D eigenvalue weighted by Crippen LogP contribution is -2.34. The van der Waals surface area contributed by atoms with Crippen molar-refractivity contribution in [3.63, 3.8) is 0 Å². The first-order chi connectivity index (χ1) is 9.84. The summed E-state index contributed by atoms with van der Waals surface area (Å²) in [7, 11) is 0. The van der Waals surface area contributed by atoms with Gasteiger partial charge in [0, 0.05) is 25.0 Å². The van der Waals surface area contributed by atoms with E-state index in [-0.39, 0.29) is 12.0 Å². The molecule has 7 heteroatoms. The van der Waals surface area contributed by atoms with Gasteiger partial charge in [-0.3, -0.25) is 14.6 Å². The van der Waals surface area contributed by atoms with Gasteiger partial charge < -0.3 is 9.63 Å². The molecule has 0 bridgehead atoms. The van der Waals surface area contributed by atoms with Gasteiger partial charge in [-0.05, 0) is 13.0 Å². The number of carboxylic acids is 1. The predicted molar refractivity (Wildman–Crippen MR) is 77.0 cm³/mol. The van der Waals surface area contributed by atoms with E-state index in [1.54, 1.807) is 0 Å². The van der Waals surface area contributed by atoms with E-state index in [0.717, 1.165) is 38.4 Å². The average Bonchev–Trinajstić information content (AvgIpc) is 2.73. The summed E-state index contributed by atoms with van der Waals surface area (Å²) in [6, 6.07) is 0. The highest BCUT2D eigenvalue weighted by Crippen LogP contribution is 2.19.